The number of aromatic nitrogens is 1. The van der Waals surface area contributed by atoms with Gasteiger partial charge in [0.15, 0.2) is 5.76 Å². The lowest BCUT2D eigenvalue weighted by molar-refractivity contribution is 0.0929. The number of ether oxygens (including phenoxy) is 1. The summed E-state index contributed by atoms with van der Waals surface area (Å²) in [5.41, 5.74) is 7.17. The molecule has 0 saturated carbocycles. The number of carbonyl (C=O) groups is 1. The van der Waals surface area contributed by atoms with Gasteiger partial charge in [0.2, 0.25) is 0 Å². The number of nitrogens with zero attached hydrogens (tertiary/aromatic N) is 2. The van der Waals surface area contributed by atoms with E-state index in [9.17, 15) is 4.79 Å². The van der Waals surface area contributed by atoms with E-state index in [1.54, 1.807) is 18.4 Å². The lowest BCUT2D eigenvalue weighted by Gasteiger charge is -2.11. The van der Waals surface area contributed by atoms with E-state index in [4.69, 9.17) is 9.15 Å². The van der Waals surface area contributed by atoms with E-state index < -0.39 is 5.91 Å². The molecule has 32 heavy (non-hydrogen) atoms. The molecule has 2 aromatic heterocycles. The summed E-state index contributed by atoms with van der Waals surface area (Å²) in [5, 5.41) is 4.97. The van der Waals surface area contributed by atoms with Crippen LogP contribution in [-0.2, 0) is 0 Å². The van der Waals surface area contributed by atoms with Gasteiger partial charge in [-0.05, 0) is 68.4 Å². The molecule has 0 fully saturated rings. The summed E-state index contributed by atoms with van der Waals surface area (Å²) in [6.07, 6.45) is 3.35. The second kappa shape index (κ2) is 9.28. The number of rotatable bonds is 7. The lowest BCUT2D eigenvalue weighted by Crippen LogP contribution is -2.16. The van der Waals surface area contributed by atoms with Crippen molar-refractivity contribution in [1.82, 2.24) is 9.99 Å². The van der Waals surface area contributed by atoms with Gasteiger partial charge in [0.05, 0.1) is 6.21 Å². The topological polar surface area (TPSA) is 68.8 Å². The molecule has 2 aromatic carbocycles. The van der Waals surface area contributed by atoms with Crippen LogP contribution in [0.2, 0.25) is 0 Å². The van der Waals surface area contributed by atoms with E-state index in [0.717, 1.165) is 38.2 Å². The highest BCUT2D eigenvalue weighted by Crippen LogP contribution is 2.24. The Labute approximate surface area is 194 Å². The minimum Gasteiger partial charge on any atom is -0.490 e. The predicted molar refractivity (Wildman–Crippen MR) is 130 cm³/mol. The Kier molecular flexibility index (Phi) is 6.28. The van der Waals surface area contributed by atoms with E-state index in [2.05, 4.69) is 37.6 Å². The fraction of sp³-hybridized carbons (Fsp3) is 0.120. The predicted octanol–water partition coefficient (Wildman–Crippen LogP) is 5.93. The molecular formula is C25H22BrN3O3. The molecule has 0 bridgehead atoms. The third-order valence-electron chi connectivity index (χ3n) is 5.00. The molecule has 0 aliphatic heterocycles. The van der Waals surface area contributed by atoms with Crippen molar-refractivity contribution >= 4 is 39.0 Å². The Bertz CT molecular complexity index is 1320. The van der Waals surface area contributed by atoms with Crippen LogP contribution in [-0.4, -0.2) is 23.3 Å². The van der Waals surface area contributed by atoms with E-state index >= 15 is 0 Å². The molecule has 4 aromatic rings. The van der Waals surface area contributed by atoms with E-state index in [1.807, 2.05) is 62.4 Å². The van der Waals surface area contributed by atoms with Gasteiger partial charge in [0, 0.05) is 32.5 Å². The molecule has 0 aliphatic rings. The minimum absolute atomic E-state index is 0.208. The molecule has 0 unspecified atom stereocenters. The van der Waals surface area contributed by atoms with Gasteiger partial charge in [-0.1, -0.05) is 28.6 Å². The Balaban J connectivity index is 1.48. The molecule has 1 amide bonds. The highest BCUT2D eigenvalue weighted by molar-refractivity contribution is 9.10. The van der Waals surface area contributed by atoms with Crippen LogP contribution >= 0.6 is 15.9 Å². The van der Waals surface area contributed by atoms with Gasteiger partial charge < -0.3 is 13.7 Å². The van der Waals surface area contributed by atoms with Gasteiger partial charge in [0.1, 0.15) is 17.9 Å². The zero-order valence-electron chi connectivity index (χ0n) is 17.8. The van der Waals surface area contributed by atoms with Gasteiger partial charge in [-0.2, -0.15) is 5.10 Å². The number of benzene rings is 2. The lowest BCUT2D eigenvalue weighted by atomic mass is 10.2. The first-order valence-corrected chi connectivity index (χ1v) is 10.8. The highest BCUT2D eigenvalue weighted by atomic mass is 79.9. The van der Waals surface area contributed by atoms with Gasteiger partial charge in [-0.15, -0.1) is 0 Å². The SMILES string of the molecule is C=CCOc1ccc(-n2c(C)cc(/C=N/NC(=O)c3cc4cc(Br)ccc4o3)c2C)cc1. The van der Waals surface area contributed by atoms with Crippen LogP contribution in [0.4, 0.5) is 0 Å². The number of halogens is 1. The number of furan rings is 1. The molecule has 1 N–H and O–H groups in total. The number of hydrogen-bond donors (Lipinski definition) is 1. The second-order valence-electron chi connectivity index (χ2n) is 7.25. The zero-order valence-corrected chi connectivity index (χ0v) is 19.3. The maximum absolute atomic E-state index is 12.4. The van der Waals surface area contributed by atoms with Crippen LogP contribution in [0, 0.1) is 13.8 Å². The Morgan fingerprint density at radius 1 is 1.19 bits per heavy atom. The summed E-state index contributed by atoms with van der Waals surface area (Å²) in [4.78, 5) is 12.4. The second-order valence-corrected chi connectivity index (χ2v) is 8.16. The fourth-order valence-corrected chi connectivity index (χ4v) is 3.88. The van der Waals surface area contributed by atoms with E-state index in [-0.39, 0.29) is 5.76 Å². The summed E-state index contributed by atoms with van der Waals surface area (Å²) >= 11 is 3.41. The summed E-state index contributed by atoms with van der Waals surface area (Å²) in [5.74, 6) is 0.593. The molecule has 0 spiro atoms. The third-order valence-corrected chi connectivity index (χ3v) is 5.50. The van der Waals surface area contributed by atoms with E-state index in [1.165, 1.54) is 0 Å². The van der Waals surface area contributed by atoms with Gasteiger partial charge in [-0.3, -0.25) is 4.79 Å². The number of aryl methyl sites for hydroxylation is 1. The maximum atomic E-state index is 12.4. The van der Waals surface area contributed by atoms with Crippen molar-refractivity contribution in [3.8, 4) is 11.4 Å². The maximum Gasteiger partial charge on any atom is 0.307 e. The van der Waals surface area contributed by atoms with Crippen molar-refractivity contribution in [2.24, 2.45) is 5.10 Å². The summed E-state index contributed by atoms with van der Waals surface area (Å²) in [7, 11) is 0. The standard InChI is InChI=1S/C25H22BrN3O3/c1-4-11-31-22-8-6-21(7-9-22)29-16(2)12-19(17(29)3)15-27-28-25(30)24-14-18-13-20(26)5-10-23(18)32-24/h4-10,12-15H,1,11H2,2-3H3,(H,28,30)/b27-15+. The van der Waals surface area contributed by atoms with Gasteiger partial charge in [-0.25, -0.2) is 5.43 Å². The summed E-state index contributed by atoms with van der Waals surface area (Å²) < 4.78 is 14.2. The third kappa shape index (κ3) is 4.53. The molecule has 0 saturated heterocycles. The summed E-state index contributed by atoms with van der Waals surface area (Å²) in [6.45, 7) is 8.16. The van der Waals surface area contributed by atoms with Crippen LogP contribution in [0.15, 0.2) is 81.2 Å². The van der Waals surface area contributed by atoms with Crippen LogP contribution in [0.5, 0.6) is 5.75 Å². The number of amides is 1. The zero-order chi connectivity index (χ0) is 22.7. The highest BCUT2D eigenvalue weighted by Gasteiger charge is 2.13. The molecule has 162 valence electrons. The van der Waals surface area contributed by atoms with E-state index in [0.29, 0.717) is 12.2 Å². The molecular weight excluding hydrogens is 470 g/mol. The smallest absolute Gasteiger partial charge is 0.307 e. The normalized spacial score (nSPS) is 11.2. The largest absolute Gasteiger partial charge is 0.490 e. The van der Waals surface area contributed by atoms with Crippen molar-refractivity contribution < 1.29 is 13.9 Å². The van der Waals surface area contributed by atoms with Gasteiger partial charge >= 0.3 is 5.91 Å². The number of fused-ring (bicyclic) bond motifs is 1. The molecule has 0 radical (unpaired) electrons. The van der Waals surface area contributed by atoms with Crippen LogP contribution in [0.25, 0.3) is 16.7 Å². The van der Waals surface area contributed by atoms with Crippen molar-refractivity contribution in [2.75, 3.05) is 6.61 Å². The van der Waals surface area contributed by atoms with Crippen molar-refractivity contribution in [3.05, 3.63) is 94.4 Å². The quantitative estimate of drug-likeness (QED) is 0.198. The molecule has 7 heteroatoms. The average Bonchev–Trinajstić information content (AvgIpc) is 3.32. The number of nitrogens with one attached hydrogen (secondary N) is 1. The summed E-state index contributed by atoms with van der Waals surface area (Å²) in [6, 6.07) is 17.1. The first-order valence-electron chi connectivity index (χ1n) is 10.0. The Morgan fingerprint density at radius 3 is 2.72 bits per heavy atom. The van der Waals surface area contributed by atoms with Crippen LogP contribution in [0.3, 0.4) is 0 Å². The molecule has 0 atom stereocenters. The van der Waals surface area contributed by atoms with Crippen LogP contribution in [0.1, 0.15) is 27.5 Å². The molecule has 4 rings (SSSR count). The van der Waals surface area contributed by atoms with Crippen LogP contribution < -0.4 is 10.2 Å². The monoisotopic (exact) mass is 491 g/mol. The first-order chi connectivity index (χ1) is 15.5. The Morgan fingerprint density at radius 2 is 1.97 bits per heavy atom. The first kappa shape index (κ1) is 21.6. The van der Waals surface area contributed by atoms with Crippen molar-refractivity contribution in [1.29, 1.82) is 0 Å². The van der Waals surface area contributed by atoms with Crippen molar-refractivity contribution in [3.63, 3.8) is 0 Å². The number of hydrazone groups is 1. The Hall–Kier alpha value is -3.58. The average molecular weight is 492 g/mol. The van der Waals surface area contributed by atoms with Crippen molar-refractivity contribution in [2.45, 2.75) is 13.8 Å². The number of hydrogen-bond acceptors (Lipinski definition) is 4. The fourth-order valence-electron chi connectivity index (χ4n) is 3.50. The molecule has 6 nitrogen and oxygen atoms in total. The molecule has 0 aliphatic carbocycles. The molecule has 2 heterocycles. The minimum atomic E-state index is -0.405. The number of carbonyl (C=O) groups excluding carboxylic acids is 1. The van der Waals surface area contributed by atoms with Gasteiger partial charge in [0.25, 0.3) is 0 Å².